The standard InChI is InChI=1S/C14H19FN2S/c1-14(2)6-3-7-17(14)9-10-8-11(15)4-5-12(10)13(16)18/h4-5,8H,3,6-7,9H2,1-2H3,(H2,16,18). The predicted octanol–water partition coefficient (Wildman–Crippen LogP) is 2.83. The van der Waals surface area contributed by atoms with Crippen molar-refractivity contribution in [1.82, 2.24) is 4.90 Å². The van der Waals surface area contributed by atoms with E-state index in [1.807, 2.05) is 0 Å². The van der Waals surface area contributed by atoms with Crippen molar-refractivity contribution in [1.29, 1.82) is 0 Å². The Morgan fingerprint density at radius 3 is 2.78 bits per heavy atom. The fourth-order valence-corrected chi connectivity index (χ4v) is 2.79. The van der Waals surface area contributed by atoms with Gasteiger partial charge in [-0.1, -0.05) is 12.2 Å². The third-order valence-electron chi connectivity index (χ3n) is 3.77. The Kier molecular flexibility index (Phi) is 3.69. The highest BCUT2D eigenvalue weighted by Gasteiger charge is 2.32. The summed E-state index contributed by atoms with van der Waals surface area (Å²) in [6.07, 6.45) is 2.36. The normalized spacial score (nSPS) is 19.1. The maximum absolute atomic E-state index is 13.4. The van der Waals surface area contributed by atoms with Crippen molar-refractivity contribution in [3.8, 4) is 0 Å². The van der Waals surface area contributed by atoms with E-state index in [1.165, 1.54) is 18.9 Å². The summed E-state index contributed by atoms with van der Waals surface area (Å²) in [6.45, 7) is 6.19. The van der Waals surface area contributed by atoms with Gasteiger partial charge in [-0.15, -0.1) is 0 Å². The zero-order chi connectivity index (χ0) is 13.3. The minimum atomic E-state index is -0.234. The minimum absolute atomic E-state index is 0.166. The van der Waals surface area contributed by atoms with Crippen LogP contribution in [-0.4, -0.2) is 22.0 Å². The third kappa shape index (κ3) is 2.70. The molecule has 2 N–H and O–H groups in total. The molecule has 0 aliphatic carbocycles. The first-order valence-corrected chi connectivity index (χ1v) is 6.64. The zero-order valence-corrected chi connectivity index (χ0v) is 11.7. The van der Waals surface area contributed by atoms with E-state index in [1.54, 1.807) is 12.1 Å². The number of likely N-dealkylation sites (tertiary alicyclic amines) is 1. The second kappa shape index (κ2) is 4.94. The first-order chi connectivity index (χ1) is 8.40. The molecule has 0 amide bonds. The van der Waals surface area contributed by atoms with E-state index in [-0.39, 0.29) is 11.4 Å². The van der Waals surface area contributed by atoms with Gasteiger partial charge in [0.1, 0.15) is 10.8 Å². The molecule has 0 bridgehead atoms. The summed E-state index contributed by atoms with van der Waals surface area (Å²) < 4.78 is 13.4. The van der Waals surface area contributed by atoms with E-state index in [0.29, 0.717) is 11.5 Å². The van der Waals surface area contributed by atoms with E-state index in [0.717, 1.165) is 17.7 Å². The second-order valence-corrected chi connectivity index (χ2v) is 5.94. The van der Waals surface area contributed by atoms with Gasteiger partial charge in [0.15, 0.2) is 0 Å². The van der Waals surface area contributed by atoms with Crippen LogP contribution in [0.4, 0.5) is 4.39 Å². The molecule has 0 spiro atoms. The number of nitrogens with zero attached hydrogens (tertiary/aromatic N) is 1. The lowest BCUT2D eigenvalue weighted by molar-refractivity contribution is 0.166. The highest BCUT2D eigenvalue weighted by molar-refractivity contribution is 7.80. The molecule has 2 rings (SSSR count). The van der Waals surface area contributed by atoms with Crippen LogP contribution in [-0.2, 0) is 6.54 Å². The molecule has 1 fully saturated rings. The van der Waals surface area contributed by atoms with Crippen LogP contribution in [0.2, 0.25) is 0 Å². The van der Waals surface area contributed by atoms with Gasteiger partial charge in [0.05, 0.1) is 0 Å². The van der Waals surface area contributed by atoms with Crippen LogP contribution >= 0.6 is 12.2 Å². The Morgan fingerprint density at radius 2 is 2.22 bits per heavy atom. The van der Waals surface area contributed by atoms with Crippen LogP contribution in [0.15, 0.2) is 18.2 Å². The topological polar surface area (TPSA) is 29.3 Å². The van der Waals surface area contributed by atoms with Crippen molar-refractivity contribution in [3.63, 3.8) is 0 Å². The third-order valence-corrected chi connectivity index (χ3v) is 3.99. The van der Waals surface area contributed by atoms with E-state index in [2.05, 4.69) is 18.7 Å². The lowest BCUT2D eigenvalue weighted by atomic mass is 10.0. The molecule has 0 atom stereocenters. The highest BCUT2D eigenvalue weighted by Crippen LogP contribution is 2.30. The molecular weight excluding hydrogens is 247 g/mol. The van der Waals surface area contributed by atoms with Crippen LogP contribution < -0.4 is 5.73 Å². The SMILES string of the molecule is CC1(C)CCCN1Cc1cc(F)ccc1C(N)=S. The molecule has 18 heavy (non-hydrogen) atoms. The molecule has 98 valence electrons. The number of rotatable bonds is 3. The molecule has 0 saturated carbocycles. The van der Waals surface area contributed by atoms with Gasteiger partial charge in [0.25, 0.3) is 0 Å². The molecule has 1 aromatic rings. The molecular formula is C14H19FN2S. The Bertz CT molecular complexity index is 471. The number of thiocarbonyl (C=S) groups is 1. The first kappa shape index (κ1) is 13.4. The van der Waals surface area contributed by atoms with Crippen LogP contribution in [0, 0.1) is 5.82 Å². The summed E-state index contributed by atoms with van der Waals surface area (Å²) in [6, 6.07) is 4.63. The summed E-state index contributed by atoms with van der Waals surface area (Å²) >= 11 is 5.03. The van der Waals surface area contributed by atoms with Crippen LogP contribution in [0.1, 0.15) is 37.8 Å². The van der Waals surface area contributed by atoms with E-state index < -0.39 is 0 Å². The molecule has 1 aliphatic heterocycles. The van der Waals surface area contributed by atoms with Crippen molar-refractivity contribution in [3.05, 3.63) is 35.1 Å². The summed E-state index contributed by atoms with van der Waals surface area (Å²) in [5.41, 5.74) is 7.54. The number of halogens is 1. The van der Waals surface area contributed by atoms with Crippen molar-refractivity contribution in [2.24, 2.45) is 5.73 Å². The van der Waals surface area contributed by atoms with Crippen molar-refractivity contribution < 1.29 is 4.39 Å². The average molecular weight is 266 g/mol. The zero-order valence-electron chi connectivity index (χ0n) is 10.9. The molecule has 0 aromatic heterocycles. The number of hydrogen-bond acceptors (Lipinski definition) is 2. The van der Waals surface area contributed by atoms with E-state index in [4.69, 9.17) is 18.0 Å². The quantitative estimate of drug-likeness (QED) is 0.853. The molecule has 1 saturated heterocycles. The van der Waals surface area contributed by atoms with Gasteiger partial charge in [-0.3, -0.25) is 4.90 Å². The molecule has 4 heteroatoms. The summed E-state index contributed by atoms with van der Waals surface area (Å²) in [7, 11) is 0. The maximum Gasteiger partial charge on any atom is 0.123 e. The van der Waals surface area contributed by atoms with Gasteiger partial charge in [-0.25, -0.2) is 4.39 Å². The molecule has 1 aromatic carbocycles. The fourth-order valence-electron chi connectivity index (χ4n) is 2.60. The first-order valence-electron chi connectivity index (χ1n) is 6.23. The van der Waals surface area contributed by atoms with Crippen LogP contribution in [0.5, 0.6) is 0 Å². The van der Waals surface area contributed by atoms with Crippen LogP contribution in [0.3, 0.4) is 0 Å². The monoisotopic (exact) mass is 266 g/mol. The Balaban J connectivity index is 2.28. The Hall–Kier alpha value is -1.00. The predicted molar refractivity (Wildman–Crippen MR) is 76.0 cm³/mol. The molecule has 0 unspecified atom stereocenters. The fraction of sp³-hybridized carbons (Fsp3) is 0.500. The minimum Gasteiger partial charge on any atom is -0.389 e. The van der Waals surface area contributed by atoms with Crippen molar-refractivity contribution in [2.75, 3.05) is 6.54 Å². The summed E-state index contributed by atoms with van der Waals surface area (Å²) in [5.74, 6) is -0.234. The molecule has 1 aliphatic rings. The molecule has 2 nitrogen and oxygen atoms in total. The summed E-state index contributed by atoms with van der Waals surface area (Å²) in [4.78, 5) is 2.70. The van der Waals surface area contributed by atoms with Gasteiger partial charge in [0, 0.05) is 17.6 Å². The number of benzene rings is 1. The van der Waals surface area contributed by atoms with E-state index in [9.17, 15) is 4.39 Å². The highest BCUT2D eigenvalue weighted by atomic mass is 32.1. The van der Waals surface area contributed by atoms with E-state index >= 15 is 0 Å². The smallest absolute Gasteiger partial charge is 0.123 e. The van der Waals surface area contributed by atoms with Gasteiger partial charge >= 0.3 is 0 Å². The lowest BCUT2D eigenvalue weighted by Gasteiger charge is -2.32. The average Bonchev–Trinajstić information content (AvgIpc) is 2.58. The van der Waals surface area contributed by atoms with Gasteiger partial charge < -0.3 is 5.73 Å². The van der Waals surface area contributed by atoms with Gasteiger partial charge in [0.2, 0.25) is 0 Å². The van der Waals surface area contributed by atoms with Crippen molar-refractivity contribution in [2.45, 2.75) is 38.8 Å². The van der Waals surface area contributed by atoms with Gasteiger partial charge in [-0.05, 0) is 57.0 Å². The second-order valence-electron chi connectivity index (χ2n) is 5.50. The number of nitrogens with two attached hydrogens (primary N) is 1. The largest absolute Gasteiger partial charge is 0.389 e. The van der Waals surface area contributed by atoms with Crippen LogP contribution in [0.25, 0.3) is 0 Å². The Morgan fingerprint density at radius 1 is 1.50 bits per heavy atom. The number of hydrogen-bond donors (Lipinski definition) is 1. The Labute approximate surface area is 113 Å². The summed E-state index contributed by atoms with van der Waals surface area (Å²) in [5, 5.41) is 0. The molecule has 1 heterocycles. The lowest BCUT2D eigenvalue weighted by Crippen LogP contribution is -2.38. The van der Waals surface area contributed by atoms with Gasteiger partial charge in [-0.2, -0.15) is 0 Å². The maximum atomic E-state index is 13.4. The van der Waals surface area contributed by atoms with Crippen molar-refractivity contribution >= 4 is 17.2 Å². The molecule has 0 radical (unpaired) electrons.